The monoisotopic (exact) mass is 291 g/mol. The summed E-state index contributed by atoms with van der Waals surface area (Å²) >= 11 is 0. The molecule has 7 N–H and O–H groups in total. The maximum atomic E-state index is 8.36. The van der Waals surface area contributed by atoms with E-state index >= 15 is 0 Å². The van der Waals surface area contributed by atoms with Gasteiger partial charge in [-0.25, -0.2) is 0 Å². The number of rotatable bonds is 0. The quantitative estimate of drug-likeness (QED) is 0.377. The number of nitrogens with zero attached hydrogens (tertiary/aromatic N) is 1. The van der Waals surface area contributed by atoms with Crippen LogP contribution in [0.4, 0.5) is 0 Å². The fourth-order valence-electron chi connectivity index (χ4n) is 0. The Hall–Kier alpha value is 0.599. The third kappa shape index (κ3) is 576. The van der Waals surface area contributed by atoms with Crippen molar-refractivity contribution in [2.24, 2.45) is 0 Å². The fraction of sp³-hybridized carbons (Fsp3) is 0. The van der Waals surface area contributed by atoms with E-state index in [0.29, 0.717) is 0 Å². The van der Waals surface area contributed by atoms with Crippen LogP contribution in [0.1, 0.15) is 0 Å². The molecule has 0 aliphatic carbocycles. The molecule has 0 atom stereocenters. The van der Waals surface area contributed by atoms with Crippen LogP contribution in [0.5, 0.6) is 0 Å². The molecule has 0 spiro atoms. The van der Waals surface area contributed by atoms with Crippen LogP contribution < -0.4 is 0 Å². The van der Waals surface area contributed by atoms with Crippen LogP contribution in [-0.4, -0.2) is 26.7 Å². The minimum atomic E-state index is -1.50. The van der Waals surface area contributed by atoms with Crippen molar-refractivity contribution in [3.63, 3.8) is 0 Å². The topological polar surface area (TPSA) is 158 Å². The van der Waals surface area contributed by atoms with Gasteiger partial charge in [-0.2, -0.15) is 0 Å². The molecule has 0 heterocycles. The molecule has 0 saturated carbocycles. The molecule has 0 aliphatic rings. The molecule has 8 heavy (non-hydrogen) atoms. The molecule has 0 aromatic carbocycles. The number of hydrogen-bond acceptors (Lipinski definition) is 2. The second-order valence-corrected chi connectivity index (χ2v) is 0.238. The average Bonchev–Trinajstić information content (AvgIpc) is 0.811. The summed E-state index contributed by atoms with van der Waals surface area (Å²) in [6, 6.07) is 0. The molecule has 0 aliphatic heterocycles. The SMILES string of the molecule is O.O.O.O=[N+]([O-])O.[Yb]. The molecule has 0 saturated heterocycles. The van der Waals surface area contributed by atoms with Crippen LogP contribution in [-0.2, 0) is 0 Å². The summed E-state index contributed by atoms with van der Waals surface area (Å²) in [5.41, 5.74) is 0. The largest absolute Gasteiger partial charge is 0.412 e. The number of hydrogen-bond donors (Lipinski definition) is 1. The Balaban J connectivity index is -0.00000000750. The second-order valence-electron chi connectivity index (χ2n) is 0.238. The van der Waals surface area contributed by atoms with Crippen LogP contribution in [0, 0.1) is 57.0 Å². The van der Waals surface area contributed by atoms with E-state index in [1.807, 2.05) is 0 Å². The maximum absolute atomic E-state index is 8.36. The Morgan fingerprint density at radius 1 is 1.25 bits per heavy atom. The third-order valence-electron chi connectivity index (χ3n) is 0. The van der Waals surface area contributed by atoms with E-state index in [1.54, 1.807) is 0 Å². The van der Waals surface area contributed by atoms with Gasteiger partial charge in [-0.1, -0.05) is 0 Å². The summed E-state index contributed by atoms with van der Waals surface area (Å²) in [7, 11) is 0. The van der Waals surface area contributed by atoms with Gasteiger partial charge >= 0.3 is 0 Å². The Labute approximate surface area is 83.0 Å². The Morgan fingerprint density at radius 2 is 1.25 bits per heavy atom. The molecular weight excluding hydrogens is 283 g/mol. The first-order valence-corrected chi connectivity index (χ1v) is 0.565. The predicted octanol–water partition coefficient (Wildman–Crippen LogP) is -2.82. The van der Waals surface area contributed by atoms with Crippen molar-refractivity contribution in [2.45, 2.75) is 0 Å². The van der Waals surface area contributed by atoms with Gasteiger partial charge in [-0.05, 0) is 0 Å². The maximum Gasteiger partial charge on any atom is 0.291 e. The zero-order valence-electron chi connectivity index (χ0n) is 3.48. The summed E-state index contributed by atoms with van der Waals surface area (Å²) in [5, 5.41) is 13.6. The van der Waals surface area contributed by atoms with Crippen LogP contribution in [0.2, 0.25) is 0 Å². The van der Waals surface area contributed by atoms with Gasteiger partial charge < -0.3 is 21.6 Å². The molecule has 0 radical (unpaired) electrons. The second kappa shape index (κ2) is 25.5. The molecule has 8 heteroatoms. The standard InChI is InChI=1S/HNO3.3H2O.Yb/c2-1(3)4;;;;/h(H,2,3,4);3*1H2;. The molecule has 0 aromatic rings. The smallest absolute Gasteiger partial charge is 0.291 e. The minimum absolute atomic E-state index is 0. The molecule has 0 fully saturated rings. The van der Waals surface area contributed by atoms with Gasteiger partial charge in [-0.15, -0.1) is 10.1 Å². The molecule has 0 amide bonds. The van der Waals surface area contributed by atoms with E-state index in [0.717, 1.165) is 0 Å². The van der Waals surface area contributed by atoms with Gasteiger partial charge in [0.25, 0.3) is 5.09 Å². The van der Waals surface area contributed by atoms with Gasteiger partial charge in [0, 0.05) is 46.9 Å². The van der Waals surface area contributed by atoms with Gasteiger partial charge in [0.05, 0.1) is 0 Å². The molecule has 62 valence electrons. The van der Waals surface area contributed by atoms with E-state index in [4.69, 9.17) is 15.3 Å². The first-order chi connectivity index (χ1) is 1.73. The zero-order valence-corrected chi connectivity index (χ0v) is 5.19. The van der Waals surface area contributed by atoms with Crippen molar-refractivity contribution >= 4 is 0 Å². The van der Waals surface area contributed by atoms with E-state index in [2.05, 4.69) is 0 Å². The molecule has 0 bridgehead atoms. The first-order valence-electron chi connectivity index (χ1n) is 0.565. The minimum Gasteiger partial charge on any atom is -0.412 e. The first kappa shape index (κ1) is 38.3. The van der Waals surface area contributed by atoms with Crippen molar-refractivity contribution in [1.29, 1.82) is 0 Å². The Kier molecular flexibility index (Phi) is 122. The van der Waals surface area contributed by atoms with Crippen molar-refractivity contribution in [3.8, 4) is 0 Å². The normalized spacial score (nSPS) is 3.00. The van der Waals surface area contributed by atoms with Crippen molar-refractivity contribution in [1.82, 2.24) is 0 Å². The van der Waals surface area contributed by atoms with Crippen molar-refractivity contribution in [3.05, 3.63) is 10.1 Å². The van der Waals surface area contributed by atoms with E-state index in [-0.39, 0.29) is 63.4 Å². The molecule has 7 nitrogen and oxygen atoms in total. The summed E-state index contributed by atoms with van der Waals surface area (Å²) < 4.78 is 0. The van der Waals surface area contributed by atoms with E-state index < -0.39 is 5.09 Å². The predicted molar refractivity (Wildman–Crippen MR) is 19.6 cm³/mol. The van der Waals surface area contributed by atoms with Gasteiger partial charge in [-0.3, -0.25) is 0 Å². The van der Waals surface area contributed by atoms with Crippen LogP contribution >= 0.6 is 0 Å². The van der Waals surface area contributed by atoms with E-state index in [9.17, 15) is 0 Å². The summed E-state index contributed by atoms with van der Waals surface area (Å²) in [6.45, 7) is 0. The molecular formula is H7NO6Yb. The van der Waals surface area contributed by atoms with Gasteiger partial charge in [0.2, 0.25) is 0 Å². The van der Waals surface area contributed by atoms with Crippen molar-refractivity contribution in [2.75, 3.05) is 0 Å². The van der Waals surface area contributed by atoms with Crippen molar-refractivity contribution < 1.29 is 73.6 Å². The van der Waals surface area contributed by atoms with Crippen LogP contribution in [0.3, 0.4) is 0 Å². The molecule has 0 unspecified atom stereocenters. The molecule has 0 aromatic heterocycles. The van der Waals surface area contributed by atoms with Crippen LogP contribution in [0.15, 0.2) is 0 Å². The van der Waals surface area contributed by atoms with Gasteiger partial charge in [0.1, 0.15) is 0 Å². The van der Waals surface area contributed by atoms with E-state index in [1.165, 1.54) is 0 Å². The summed E-state index contributed by atoms with van der Waals surface area (Å²) in [6.07, 6.45) is 0. The molecule has 0 rings (SSSR count). The average molecular weight is 290 g/mol. The summed E-state index contributed by atoms with van der Waals surface area (Å²) in [5.74, 6) is 0. The Bertz CT molecular complexity index is 31.5. The zero-order chi connectivity index (χ0) is 3.58. The summed E-state index contributed by atoms with van der Waals surface area (Å²) in [4.78, 5) is 8.36. The van der Waals surface area contributed by atoms with Gasteiger partial charge in [0.15, 0.2) is 0 Å². The Morgan fingerprint density at radius 3 is 1.25 bits per heavy atom. The fourth-order valence-corrected chi connectivity index (χ4v) is 0. The van der Waals surface area contributed by atoms with Crippen LogP contribution in [0.25, 0.3) is 0 Å². The third-order valence-corrected chi connectivity index (χ3v) is 0.